The molecule has 0 spiro atoms. The maximum atomic E-state index is 13.0. The molecule has 1 saturated carbocycles. The summed E-state index contributed by atoms with van der Waals surface area (Å²) < 4.78 is 18.3. The van der Waals surface area contributed by atoms with Crippen molar-refractivity contribution in [2.75, 3.05) is 6.61 Å². The highest BCUT2D eigenvalue weighted by molar-refractivity contribution is 5.89. The van der Waals surface area contributed by atoms with Crippen LogP contribution in [-0.2, 0) is 4.74 Å². The van der Waals surface area contributed by atoms with Gasteiger partial charge >= 0.3 is 5.97 Å². The minimum Gasteiger partial charge on any atom is -0.462 e. The Labute approximate surface area is 101 Å². The second-order valence-electron chi connectivity index (χ2n) is 4.71. The van der Waals surface area contributed by atoms with Crippen LogP contribution in [0.3, 0.4) is 0 Å². The van der Waals surface area contributed by atoms with Crippen LogP contribution >= 0.6 is 0 Å². The number of esters is 1. The zero-order chi connectivity index (χ0) is 12.3. The van der Waals surface area contributed by atoms with Crippen LogP contribution in [0.2, 0.25) is 0 Å². The van der Waals surface area contributed by atoms with Crippen LogP contribution in [0.1, 0.15) is 41.6 Å². The van der Waals surface area contributed by atoms with Crippen LogP contribution in [0.25, 0.3) is 0 Å². The fourth-order valence-corrected chi connectivity index (χ4v) is 2.23. The fraction of sp³-hybridized carbons (Fsp3) is 0.500. The number of halogens is 1. The molecule has 0 saturated heterocycles. The number of carbonyl (C=O) groups excluding carboxylic acids is 1. The largest absolute Gasteiger partial charge is 0.462 e. The zero-order valence-electron chi connectivity index (χ0n) is 10.0. The van der Waals surface area contributed by atoms with Crippen molar-refractivity contribution < 1.29 is 13.9 Å². The molecule has 0 atom stereocenters. The molecule has 1 aliphatic rings. The van der Waals surface area contributed by atoms with Crippen molar-refractivity contribution in [3.05, 3.63) is 35.1 Å². The maximum absolute atomic E-state index is 13.0. The summed E-state index contributed by atoms with van der Waals surface area (Å²) in [7, 11) is 0. The Balaban J connectivity index is 1.92. The number of carbonyl (C=O) groups is 1. The van der Waals surface area contributed by atoms with Crippen molar-refractivity contribution in [3.63, 3.8) is 0 Å². The average Bonchev–Trinajstić information content (AvgIpc) is 2.82. The summed E-state index contributed by atoms with van der Waals surface area (Å²) in [6.07, 6.45) is 4.77. The zero-order valence-corrected chi connectivity index (χ0v) is 10.0. The number of ether oxygens (including phenoxy) is 1. The second kappa shape index (κ2) is 5.30. The molecule has 0 aliphatic heterocycles. The highest BCUT2D eigenvalue weighted by Gasteiger charge is 2.17. The van der Waals surface area contributed by atoms with E-state index >= 15 is 0 Å². The molecular weight excluding hydrogens is 219 g/mol. The van der Waals surface area contributed by atoms with Gasteiger partial charge in [0.15, 0.2) is 0 Å². The van der Waals surface area contributed by atoms with Crippen LogP contribution in [0.5, 0.6) is 0 Å². The first-order valence-corrected chi connectivity index (χ1v) is 6.10. The molecule has 3 heteroatoms. The van der Waals surface area contributed by atoms with Gasteiger partial charge in [0, 0.05) is 0 Å². The Bertz CT molecular complexity index is 409. The molecule has 0 radical (unpaired) electrons. The summed E-state index contributed by atoms with van der Waals surface area (Å²) in [5.41, 5.74) is 0.905. The third-order valence-corrected chi connectivity index (χ3v) is 3.32. The predicted molar refractivity (Wildman–Crippen MR) is 63.4 cm³/mol. The molecule has 1 aliphatic carbocycles. The third kappa shape index (κ3) is 3.05. The van der Waals surface area contributed by atoms with Gasteiger partial charge in [0.1, 0.15) is 5.82 Å². The maximum Gasteiger partial charge on any atom is 0.338 e. The fourth-order valence-electron chi connectivity index (χ4n) is 2.23. The topological polar surface area (TPSA) is 26.3 Å². The lowest BCUT2D eigenvalue weighted by Crippen LogP contribution is -2.12. The van der Waals surface area contributed by atoms with Gasteiger partial charge in [-0.2, -0.15) is 0 Å². The predicted octanol–water partition coefficient (Wildman–Crippen LogP) is 3.48. The molecule has 0 heterocycles. The average molecular weight is 236 g/mol. The second-order valence-corrected chi connectivity index (χ2v) is 4.71. The van der Waals surface area contributed by atoms with Crippen molar-refractivity contribution in [3.8, 4) is 0 Å². The molecule has 92 valence electrons. The van der Waals surface area contributed by atoms with Gasteiger partial charge in [0.2, 0.25) is 0 Å². The Morgan fingerprint density at radius 2 is 2.12 bits per heavy atom. The summed E-state index contributed by atoms with van der Waals surface area (Å²) in [5.74, 6) is -0.127. The van der Waals surface area contributed by atoms with E-state index in [2.05, 4.69) is 0 Å². The van der Waals surface area contributed by atoms with Crippen molar-refractivity contribution in [1.29, 1.82) is 0 Å². The quantitative estimate of drug-likeness (QED) is 0.751. The smallest absolute Gasteiger partial charge is 0.338 e. The summed E-state index contributed by atoms with van der Waals surface area (Å²) in [5, 5.41) is 0. The van der Waals surface area contributed by atoms with E-state index in [0.717, 1.165) is 12.8 Å². The molecule has 1 fully saturated rings. The molecule has 0 bridgehead atoms. The van der Waals surface area contributed by atoms with Crippen molar-refractivity contribution >= 4 is 5.97 Å². The van der Waals surface area contributed by atoms with Crippen LogP contribution in [-0.4, -0.2) is 12.6 Å². The Morgan fingerprint density at radius 1 is 1.41 bits per heavy atom. The first kappa shape index (κ1) is 12.1. The van der Waals surface area contributed by atoms with E-state index in [1.165, 1.54) is 31.0 Å². The molecule has 0 amide bonds. The van der Waals surface area contributed by atoms with E-state index in [1.54, 1.807) is 6.92 Å². The minimum absolute atomic E-state index is 0.294. The monoisotopic (exact) mass is 236 g/mol. The highest BCUT2D eigenvalue weighted by Crippen LogP contribution is 2.25. The van der Waals surface area contributed by atoms with Crippen LogP contribution in [0.4, 0.5) is 4.39 Å². The van der Waals surface area contributed by atoms with E-state index in [4.69, 9.17) is 4.74 Å². The van der Waals surface area contributed by atoms with Gasteiger partial charge in [-0.1, -0.05) is 12.8 Å². The molecule has 0 unspecified atom stereocenters. The van der Waals surface area contributed by atoms with Crippen molar-refractivity contribution in [2.24, 2.45) is 5.92 Å². The van der Waals surface area contributed by atoms with Crippen molar-refractivity contribution in [2.45, 2.75) is 32.6 Å². The summed E-state index contributed by atoms with van der Waals surface area (Å²) >= 11 is 0. The van der Waals surface area contributed by atoms with Crippen LogP contribution in [0, 0.1) is 18.7 Å². The first-order chi connectivity index (χ1) is 8.16. The Kier molecular flexibility index (Phi) is 3.77. The molecule has 1 aromatic carbocycles. The molecule has 2 nitrogen and oxygen atoms in total. The Morgan fingerprint density at radius 3 is 2.76 bits per heavy atom. The van der Waals surface area contributed by atoms with Gasteiger partial charge in [-0.05, 0) is 49.4 Å². The number of hydrogen-bond donors (Lipinski definition) is 0. The van der Waals surface area contributed by atoms with E-state index in [9.17, 15) is 9.18 Å². The number of aryl methyl sites for hydroxylation is 1. The van der Waals surface area contributed by atoms with Gasteiger partial charge in [-0.3, -0.25) is 0 Å². The van der Waals surface area contributed by atoms with E-state index < -0.39 is 0 Å². The van der Waals surface area contributed by atoms with Gasteiger partial charge in [0.05, 0.1) is 12.2 Å². The summed E-state index contributed by atoms with van der Waals surface area (Å²) in [6.45, 7) is 2.14. The first-order valence-electron chi connectivity index (χ1n) is 6.10. The van der Waals surface area contributed by atoms with E-state index in [1.807, 2.05) is 0 Å². The third-order valence-electron chi connectivity index (χ3n) is 3.32. The number of benzene rings is 1. The molecular formula is C14H17FO2. The Hall–Kier alpha value is -1.38. The highest BCUT2D eigenvalue weighted by atomic mass is 19.1. The lowest BCUT2D eigenvalue weighted by Gasteiger charge is -2.10. The molecule has 0 N–H and O–H groups in total. The SMILES string of the molecule is Cc1cc(C(=O)OCC2CCCC2)ccc1F. The molecule has 17 heavy (non-hydrogen) atoms. The summed E-state index contributed by atoms with van der Waals surface area (Å²) in [6, 6.07) is 4.31. The molecule has 2 rings (SSSR count). The van der Waals surface area contributed by atoms with Gasteiger partial charge in [-0.15, -0.1) is 0 Å². The van der Waals surface area contributed by atoms with E-state index in [-0.39, 0.29) is 11.8 Å². The van der Waals surface area contributed by atoms with Gasteiger partial charge in [-0.25, -0.2) is 9.18 Å². The van der Waals surface area contributed by atoms with Crippen molar-refractivity contribution in [1.82, 2.24) is 0 Å². The molecule has 0 aromatic heterocycles. The summed E-state index contributed by atoms with van der Waals surface area (Å²) in [4.78, 5) is 11.7. The van der Waals surface area contributed by atoms with Crippen LogP contribution in [0.15, 0.2) is 18.2 Å². The van der Waals surface area contributed by atoms with Gasteiger partial charge < -0.3 is 4.74 Å². The minimum atomic E-state index is -0.347. The number of rotatable bonds is 3. The lowest BCUT2D eigenvalue weighted by molar-refractivity contribution is 0.0442. The van der Waals surface area contributed by atoms with E-state index in [0.29, 0.717) is 23.7 Å². The standard InChI is InChI=1S/C14H17FO2/c1-10-8-12(6-7-13(10)15)14(16)17-9-11-4-2-3-5-11/h6-8,11H,2-5,9H2,1H3. The lowest BCUT2D eigenvalue weighted by atomic mass is 10.1. The normalized spacial score (nSPS) is 16.1. The van der Waals surface area contributed by atoms with Crippen LogP contribution < -0.4 is 0 Å². The number of hydrogen-bond acceptors (Lipinski definition) is 2. The molecule has 1 aromatic rings. The van der Waals surface area contributed by atoms with Gasteiger partial charge in [0.25, 0.3) is 0 Å².